The molecule has 0 radical (unpaired) electrons. The second-order valence-corrected chi connectivity index (χ2v) is 5.63. The van der Waals surface area contributed by atoms with Crippen LogP contribution < -0.4 is 4.90 Å². The van der Waals surface area contributed by atoms with E-state index in [1.165, 1.54) is 11.8 Å². The molecule has 0 bridgehead atoms. The van der Waals surface area contributed by atoms with Gasteiger partial charge in [-0.1, -0.05) is 18.2 Å². The normalized spacial score (nSPS) is 13.9. The summed E-state index contributed by atoms with van der Waals surface area (Å²) in [5.41, 5.74) is 2.71. The van der Waals surface area contributed by atoms with Gasteiger partial charge in [0.1, 0.15) is 0 Å². The summed E-state index contributed by atoms with van der Waals surface area (Å²) in [6, 6.07) is 8.01. The molecule has 0 fully saturated rings. The fourth-order valence-electron chi connectivity index (χ4n) is 3.00. The SMILES string of the molecule is CCOC(=O)c1nn(C(F)F)cc1CN1CCCc2ccccc21. The number of aromatic nitrogens is 2. The quantitative estimate of drug-likeness (QED) is 0.786. The van der Waals surface area contributed by atoms with Gasteiger partial charge in [-0.2, -0.15) is 13.9 Å². The first kappa shape index (κ1) is 16.4. The van der Waals surface area contributed by atoms with E-state index in [2.05, 4.69) is 16.1 Å². The number of nitrogens with zero attached hydrogens (tertiary/aromatic N) is 3. The second-order valence-electron chi connectivity index (χ2n) is 5.63. The number of para-hydroxylation sites is 1. The largest absolute Gasteiger partial charge is 0.461 e. The molecular formula is C17H19F2N3O2. The summed E-state index contributed by atoms with van der Waals surface area (Å²) in [5, 5.41) is 3.72. The van der Waals surface area contributed by atoms with Gasteiger partial charge in [0.2, 0.25) is 0 Å². The van der Waals surface area contributed by atoms with Gasteiger partial charge in [-0.05, 0) is 31.4 Å². The Bertz CT molecular complexity index is 730. The molecule has 1 aromatic heterocycles. The first-order chi connectivity index (χ1) is 11.6. The number of hydrogen-bond donors (Lipinski definition) is 0. The highest BCUT2D eigenvalue weighted by atomic mass is 19.3. The summed E-state index contributed by atoms with van der Waals surface area (Å²) >= 11 is 0. The minimum atomic E-state index is -2.79. The van der Waals surface area contributed by atoms with E-state index in [0.29, 0.717) is 16.8 Å². The zero-order valence-electron chi connectivity index (χ0n) is 13.4. The van der Waals surface area contributed by atoms with Crippen LogP contribution in [-0.4, -0.2) is 28.9 Å². The molecule has 128 valence electrons. The summed E-state index contributed by atoms with van der Waals surface area (Å²) in [7, 11) is 0. The van der Waals surface area contributed by atoms with E-state index < -0.39 is 12.5 Å². The Morgan fingerprint density at radius 1 is 1.38 bits per heavy atom. The van der Waals surface area contributed by atoms with E-state index in [9.17, 15) is 13.6 Å². The average Bonchev–Trinajstić information content (AvgIpc) is 3.00. The first-order valence-corrected chi connectivity index (χ1v) is 7.96. The van der Waals surface area contributed by atoms with Crippen molar-refractivity contribution in [3.63, 3.8) is 0 Å². The van der Waals surface area contributed by atoms with E-state index in [4.69, 9.17) is 4.74 Å². The van der Waals surface area contributed by atoms with Crippen LogP contribution in [0.25, 0.3) is 0 Å². The molecule has 2 aromatic rings. The number of aryl methyl sites for hydroxylation is 1. The topological polar surface area (TPSA) is 47.4 Å². The van der Waals surface area contributed by atoms with Crippen molar-refractivity contribution < 1.29 is 18.3 Å². The Morgan fingerprint density at radius 3 is 2.92 bits per heavy atom. The van der Waals surface area contributed by atoms with E-state index in [-0.39, 0.29) is 12.3 Å². The van der Waals surface area contributed by atoms with E-state index >= 15 is 0 Å². The fraction of sp³-hybridized carbons (Fsp3) is 0.412. The smallest absolute Gasteiger partial charge is 0.359 e. The molecule has 1 aliphatic heterocycles. The highest BCUT2D eigenvalue weighted by molar-refractivity contribution is 5.89. The molecule has 3 rings (SSSR count). The predicted molar refractivity (Wildman–Crippen MR) is 85.2 cm³/mol. The maximum atomic E-state index is 13.0. The maximum absolute atomic E-state index is 13.0. The Balaban J connectivity index is 1.91. The lowest BCUT2D eigenvalue weighted by Crippen LogP contribution is -2.29. The maximum Gasteiger partial charge on any atom is 0.359 e. The molecule has 0 unspecified atom stereocenters. The Labute approximate surface area is 138 Å². The molecule has 0 saturated carbocycles. The number of benzene rings is 1. The van der Waals surface area contributed by atoms with Gasteiger partial charge in [0.15, 0.2) is 5.69 Å². The van der Waals surface area contributed by atoms with Crippen molar-refractivity contribution in [3.05, 3.63) is 47.3 Å². The zero-order valence-corrected chi connectivity index (χ0v) is 13.4. The van der Waals surface area contributed by atoms with Crippen LogP contribution >= 0.6 is 0 Å². The zero-order chi connectivity index (χ0) is 17.1. The molecule has 2 heterocycles. The third kappa shape index (κ3) is 3.25. The van der Waals surface area contributed by atoms with Crippen LogP contribution in [0.3, 0.4) is 0 Å². The third-order valence-electron chi connectivity index (χ3n) is 4.04. The van der Waals surface area contributed by atoms with E-state index in [0.717, 1.165) is 25.1 Å². The average molecular weight is 335 g/mol. The highest BCUT2D eigenvalue weighted by Gasteiger charge is 2.24. The summed E-state index contributed by atoms with van der Waals surface area (Å²) < 4.78 is 31.4. The van der Waals surface area contributed by atoms with Crippen molar-refractivity contribution in [1.82, 2.24) is 9.78 Å². The third-order valence-corrected chi connectivity index (χ3v) is 4.04. The lowest BCUT2D eigenvalue weighted by molar-refractivity contribution is 0.0480. The molecule has 0 amide bonds. The van der Waals surface area contributed by atoms with Crippen LogP contribution in [0.4, 0.5) is 14.5 Å². The van der Waals surface area contributed by atoms with Gasteiger partial charge < -0.3 is 9.64 Å². The van der Waals surface area contributed by atoms with Crippen LogP contribution in [0.5, 0.6) is 0 Å². The molecule has 0 atom stereocenters. The van der Waals surface area contributed by atoms with Gasteiger partial charge in [-0.25, -0.2) is 9.48 Å². The number of carbonyl (C=O) groups is 1. The minimum Gasteiger partial charge on any atom is -0.461 e. The van der Waals surface area contributed by atoms with Crippen LogP contribution in [0, 0.1) is 0 Å². The number of ether oxygens (including phenoxy) is 1. The molecule has 7 heteroatoms. The van der Waals surface area contributed by atoms with Crippen molar-refractivity contribution in [2.75, 3.05) is 18.1 Å². The van der Waals surface area contributed by atoms with Crippen molar-refractivity contribution in [3.8, 4) is 0 Å². The molecule has 1 aliphatic rings. The number of fused-ring (bicyclic) bond motifs is 1. The van der Waals surface area contributed by atoms with Crippen molar-refractivity contribution in [1.29, 1.82) is 0 Å². The number of anilines is 1. The number of halogens is 2. The minimum absolute atomic E-state index is 0.0415. The number of esters is 1. The van der Waals surface area contributed by atoms with Gasteiger partial charge in [-0.15, -0.1) is 0 Å². The summed E-state index contributed by atoms with van der Waals surface area (Å²) in [4.78, 5) is 14.1. The number of rotatable bonds is 5. The standard InChI is InChI=1S/C17H19F2N3O2/c1-2-24-16(23)15-13(11-22(20-15)17(18)19)10-21-9-5-7-12-6-3-4-8-14(12)21/h3-4,6,8,11,17H,2,5,7,9-10H2,1H3. The van der Waals surface area contributed by atoms with E-state index in [1.54, 1.807) is 6.92 Å². The second kappa shape index (κ2) is 6.98. The highest BCUT2D eigenvalue weighted by Crippen LogP contribution is 2.29. The van der Waals surface area contributed by atoms with Crippen molar-refractivity contribution >= 4 is 11.7 Å². The molecule has 0 saturated heterocycles. The van der Waals surface area contributed by atoms with Crippen LogP contribution in [-0.2, 0) is 17.7 Å². The van der Waals surface area contributed by atoms with Gasteiger partial charge >= 0.3 is 12.5 Å². The van der Waals surface area contributed by atoms with Gasteiger partial charge in [0, 0.05) is 30.5 Å². The summed E-state index contributed by atoms with van der Waals surface area (Å²) in [5.74, 6) is -0.669. The lowest BCUT2D eigenvalue weighted by atomic mass is 10.0. The first-order valence-electron chi connectivity index (χ1n) is 7.96. The van der Waals surface area contributed by atoms with E-state index in [1.807, 2.05) is 18.2 Å². The number of hydrogen-bond acceptors (Lipinski definition) is 4. The Kier molecular flexibility index (Phi) is 4.78. The molecule has 0 N–H and O–H groups in total. The fourth-order valence-corrected chi connectivity index (χ4v) is 3.00. The van der Waals surface area contributed by atoms with Crippen molar-refractivity contribution in [2.24, 2.45) is 0 Å². The summed E-state index contributed by atoms with van der Waals surface area (Å²) in [6.07, 6.45) is 3.20. The summed E-state index contributed by atoms with van der Waals surface area (Å²) in [6.45, 7) is 0.201. The van der Waals surface area contributed by atoms with Crippen LogP contribution in [0.15, 0.2) is 30.5 Å². The van der Waals surface area contributed by atoms with Gasteiger partial charge in [-0.3, -0.25) is 0 Å². The Morgan fingerprint density at radius 2 is 2.17 bits per heavy atom. The van der Waals surface area contributed by atoms with Crippen molar-refractivity contribution in [2.45, 2.75) is 32.9 Å². The lowest BCUT2D eigenvalue weighted by Gasteiger charge is -2.31. The molecular weight excluding hydrogens is 316 g/mol. The molecule has 5 nitrogen and oxygen atoms in total. The molecule has 0 spiro atoms. The number of carbonyl (C=O) groups excluding carboxylic acids is 1. The number of alkyl halides is 2. The Hall–Kier alpha value is -2.44. The molecule has 1 aromatic carbocycles. The van der Waals surface area contributed by atoms with Gasteiger partial charge in [0.05, 0.1) is 6.61 Å². The predicted octanol–water partition coefficient (Wildman–Crippen LogP) is 3.41. The van der Waals surface area contributed by atoms with Gasteiger partial charge in [0.25, 0.3) is 0 Å². The monoisotopic (exact) mass is 335 g/mol. The van der Waals surface area contributed by atoms with Crippen LogP contribution in [0.2, 0.25) is 0 Å². The molecule has 0 aliphatic carbocycles. The molecule has 24 heavy (non-hydrogen) atoms. The van der Waals surface area contributed by atoms with Crippen LogP contribution in [0.1, 0.15) is 41.5 Å².